The average molecular weight is 605 g/mol. The molecule has 2 heteroatoms. The van der Waals surface area contributed by atoms with Crippen LogP contribution < -0.4 is 0 Å². The predicted molar refractivity (Wildman–Crippen MR) is 193 cm³/mol. The Labute approximate surface area is 272 Å². The van der Waals surface area contributed by atoms with Crippen LogP contribution >= 0.6 is 0 Å². The summed E-state index contributed by atoms with van der Waals surface area (Å²) in [6.45, 7) is 9.14. The number of carbonyl (C=O) groups excluding carboxylic acids is 1. The first-order valence-electron chi connectivity index (χ1n) is 20.1. The first kappa shape index (κ1) is 42.2. The van der Waals surface area contributed by atoms with E-state index in [2.05, 4.69) is 20.4 Å². The molecule has 0 N–H and O–H groups in total. The summed E-state index contributed by atoms with van der Waals surface area (Å²) in [6.07, 6.45) is 47.5. The molecule has 0 rings (SSSR count). The fourth-order valence-electron chi connectivity index (χ4n) is 6.26. The lowest BCUT2D eigenvalue weighted by Gasteiger charge is -2.08. The van der Waals surface area contributed by atoms with E-state index in [1.165, 1.54) is 205 Å². The zero-order valence-electron chi connectivity index (χ0n) is 30.0. The summed E-state index contributed by atoms with van der Waals surface area (Å²) < 4.78 is 5.47. The van der Waals surface area contributed by atoms with E-state index in [-0.39, 0.29) is 5.97 Å². The Morgan fingerprint density at radius 1 is 0.372 bits per heavy atom. The van der Waals surface area contributed by atoms with Gasteiger partial charge in [-0.3, -0.25) is 0 Å². The lowest BCUT2D eigenvalue weighted by molar-refractivity contribution is -0.139. The Bertz CT molecular complexity index is 554. The van der Waals surface area contributed by atoms with Crippen LogP contribution in [0.5, 0.6) is 0 Å². The van der Waals surface area contributed by atoms with Crippen LogP contribution in [-0.2, 0) is 9.53 Å². The first-order chi connectivity index (χ1) is 21.2. The van der Waals surface area contributed by atoms with Crippen molar-refractivity contribution in [3.8, 4) is 0 Å². The minimum absolute atomic E-state index is 0.159. The molecule has 0 saturated carbocycles. The molecule has 0 unspecified atom stereocenters. The maximum atomic E-state index is 12.2. The second kappa shape index (κ2) is 37.4. The van der Waals surface area contributed by atoms with Crippen LogP contribution in [0.15, 0.2) is 12.2 Å². The summed E-state index contributed by atoms with van der Waals surface area (Å²) >= 11 is 0. The van der Waals surface area contributed by atoms with Gasteiger partial charge in [0.2, 0.25) is 0 Å². The summed E-state index contributed by atoms with van der Waals surface area (Å²) in [5, 5.41) is 0. The second-order valence-corrected chi connectivity index (χ2v) is 13.8. The normalized spacial score (nSPS) is 11.3. The van der Waals surface area contributed by atoms with Crippen molar-refractivity contribution >= 4 is 5.97 Å². The van der Waals surface area contributed by atoms with Crippen molar-refractivity contribution in [1.29, 1.82) is 0 Å². The van der Waals surface area contributed by atoms with Crippen molar-refractivity contribution in [3.05, 3.63) is 12.2 Å². The minimum Gasteiger partial charge on any atom is -0.462 e. The Balaban J connectivity index is 3.26. The van der Waals surface area contributed by atoms with Crippen LogP contribution in [0.1, 0.15) is 239 Å². The summed E-state index contributed by atoms with van der Waals surface area (Å²) in [7, 11) is 0. The topological polar surface area (TPSA) is 26.3 Å². The van der Waals surface area contributed by atoms with Gasteiger partial charge in [-0.25, -0.2) is 4.79 Å². The average Bonchev–Trinajstić information content (AvgIpc) is 3.01. The van der Waals surface area contributed by atoms with E-state index in [1.54, 1.807) is 0 Å². The van der Waals surface area contributed by atoms with E-state index in [4.69, 9.17) is 4.74 Å². The molecule has 0 aliphatic rings. The third kappa shape index (κ3) is 35.6. The van der Waals surface area contributed by atoms with Gasteiger partial charge < -0.3 is 4.74 Å². The quantitative estimate of drug-likeness (QED) is 0.0400. The van der Waals surface area contributed by atoms with Crippen molar-refractivity contribution < 1.29 is 9.53 Å². The maximum Gasteiger partial charge on any atom is 0.333 e. The van der Waals surface area contributed by atoms with E-state index in [0.717, 1.165) is 19.3 Å². The number of unbranched alkanes of at least 4 members (excludes halogenated alkanes) is 32. The third-order valence-electron chi connectivity index (χ3n) is 9.35. The Morgan fingerprint density at radius 3 is 0.884 bits per heavy atom. The highest BCUT2D eigenvalue weighted by atomic mass is 16.5. The lowest BCUT2D eigenvalue weighted by atomic mass is 10.0. The molecule has 0 amide bonds. The smallest absolute Gasteiger partial charge is 0.333 e. The Kier molecular flexibility index (Phi) is 36.7. The number of hydrogen-bond acceptors (Lipinski definition) is 2. The van der Waals surface area contributed by atoms with Crippen LogP contribution in [0.3, 0.4) is 0 Å². The minimum atomic E-state index is -0.159. The summed E-state index contributed by atoms with van der Waals surface area (Å²) in [4.78, 5) is 12.2. The fraction of sp³-hybridized carbons (Fsp3) is 0.927. The van der Waals surface area contributed by atoms with E-state index in [0.29, 0.717) is 12.2 Å². The highest BCUT2D eigenvalue weighted by molar-refractivity contribution is 5.87. The second-order valence-electron chi connectivity index (χ2n) is 13.8. The number of carbonyl (C=O) groups is 1. The largest absolute Gasteiger partial charge is 0.462 e. The SMILES string of the molecule is C=C(CCCCCCCCCCCCCCCCCC)C(=O)OCCCCCCCCCCCCCCCCCCCC. The molecular weight excluding hydrogens is 524 g/mol. The zero-order chi connectivity index (χ0) is 31.3. The zero-order valence-corrected chi connectivity index (χ0v) is 30.0. The standard InChI is InChI=1S/C41H80O2/c1-4-6-8-10-12-14-16-18-20-22-23-25-27-29-31-33-35-37-39-43-41(42)40(3)38-36-34-32-30-28-26-24-21-19-17-15-13-11-9-7-5-2/h3-39H2,1-2H3. The molecule has 0 bridgehead atoms. The molecule has 0 aromatic rings. The van der Waals surface area contributed by atoms with Gasteiger partial charge in [-0.1, -0.05) is 226 Å². The highest BCUT2D eigenvalue weighted by Gasteiger charge is 2.08. The molecule has 0 fully saturated rings. The molecule has 0 aromatic carbocycles. The number of esters is 1. The van der Waals surface area contributed by atoms with Gasteiger partial charge in [-0.2, -0.15) is 0 Å². The van der Waals surface area contributed by atoms with E-state index in [1.807, 2.05) is 0 Å². The van der Waals surface area contributed by atoms with Gasteiger partial charge in [0, 0.05) is 5.57 Å². The number of hydrogen-bond donors (Lipinski definition) is 0. The van der Waals surface area contributed by atoms with Crippen molar-refractivity contribution in [3.63, 3.8) is 0 Å². The van der Waals surface area contributed by atoms with Crippen molar-refractivity contribution in [2.45, 2.75) is 239 Å². The predicted octanol–water partition coefficient (Wildman–Crippen LogP) is 14.8. The molecule has 256 valence electrons. The van der Waals surface area contributed by atoms with Crippen LogP contribution in [0.25, 0.3) is 0 Å². The van der Waals surface area contributed by atoms with Gasteiger partial charge in [0.15, 0.2) is 0 Å². The van der Waals surface area contributed by atoms with Gasteiger partial charge in [-0.15, -0.1) is 0 Å². The lowest BCUT2D eigenvalue weighted by Crippen LogP contribution is -2.08. The summed E-state index contributed by atoms with van der Waals surface area (Å²) in [5.74, 6) is -0.159. The molecule has 0 aliphatic carbocycles. The van der Waals surface area contributed by atoms with Crippen molar-refractivity contribution in [2.75, 3.05) is 6.61 Å². The molecule has 0 heterocycles. The van der Waals surface area contributed by atoms with E-state index >= 15 is 0 Å². The fourth-order valence-corrected chi connectivity index (χ4v) is 6.26. The van der Waals surface area contributed by atoms with Crippen LogP contribution in [0, 0.1) is 0 Å². The molecule has 43 heavy (non-hydrogen) atoms. The summed E-state index contributed by atoms with van der Waals surface area (Å²) in [6, 6.07) is 0. The Morgan fingerprint density at radius 2 is 0.605 bits per heavy atom. The monoisotopic (exact) mass is 605 g/mol. The third-order valence-corrected chi connectivity index (χ3v) is 9.35. The number of ether oxygens (including phenoxy) is 1. The molecule has 0 radical (unpaired) electrons. The molecule has 2 nitrogen and oxygen atoms in total. The van der Waals surface area contributed by atoms with Gasteiger partial charge in [0.05, 0.1) is 6.61 Å². The molecule has 0 saturated heterocycles. The molecule has 0 spiro atoms. The molecule has 0 aromatic heterocycles. The number of rotatable bonds is 37. The van der Waals surface area contributed by atoms with E-state index in [9.17, 15) is 4.79 Å². The van der Waals surface area contributed by atoms with Gasteiger partial charge >= 0.3 is 5.97 Å². The summed E-state index contributed by atoms with van der Waals surface area (Å²) in [5.41, 5.74) is 0.674. The molecular formula is C41H80O2. The van der Waals surface area contributed by atoms with E-state index < -0.39 is 0 Å². The molecule has 0 aliphatic heterocycles. The highest BCUT2D eigenvalue weighted by Crippen LogP contribution is 2.17. The van der Waals surface area contributed by atoms with Crippen molar-refractivity contribution in [2.24, 2.45) is 0 Å². The van der Waals surface area contributed by atoms with Gasteiger partial charge in [0.25, 0.3) is 0 Å². The molecule has 0 atom stereocenters. The van der Waals surface area contributed by atoms with Crippen LogP contribution in [-0.4, -0.2) is 12.6 Å². The van der Waals surface area contributed by atoms with Gasteiger partial charge in [0.1, 0.15) is 0 Å². The first-order valence-corrected chi connectivity index (χ1v) is 20.1. The maximum absolute atomic E-state index is 12.2. The van der Waals surface area contributed by atoms with Gasteiger partial charge in [-0.05, 0) is 19.3 Å². The van der Waals surface area contributed by atoms with Crippen LogP contribution in [0.4, 0.5) is 0 Å². The van der Waals surface area contributed by atoms with Crippen molar-refractivity contribution in [1.82, 2.24) is 0 Å². The van der Waals surface area contributed by atoms with Crippen LogP contribution in [0.2, 0.25) is 0 Å². The Hall–Kier alpha value is -0.790.